The number of hydrogen-bond acceptors (Lipinski definition) is 2. The van der Waals surface area contributed by atoms with Gasteiger partial charge in [0.25, 0.3) is 0 Å². The summed E-state index contributed by atoms with van der Waals surface area (Å²) >= 11 is 2.24. The van der Waals surface area contributed by atoms with E-state index in [0.717, 1.165) is 9.26 Å². The van der Waals surface area contributed by atoms with Gasteiger partial charge in [0.05, 0.1) is 5.69 Å². The van der Waals surface area contributed by atoms with Gasteiger partial charge in [-0.25, -0.2) is 9.48 Å². The fourth-order valence-electron chi connectivity index (χ4n) is 1.31. The maximum Gasteiger partial charge on any atom is 0.356 e. The Hall–Kier alpha value is -1.37. The van der Waals surface area contributed by atoms with Crippen molar-refractivity contribution in [3.05, 3.63) is 45.3 Å². The van der Waals surface area contributed by atoms with E-state index >= 15 is 0 Å². The molecule has 1 aromatic heterocycles. The number of carboxylic acids is 1. The Kier molecular flexibility index (Phi) is 2.95. The van der Waals surface area contributed by atoms with E-state index in [0.29, 0.717) is 0 Å². The Morgan fingerprint density at radius 2 is 2.19 bits per heavy atom. The number of benzene rings is 1. The van der Waals surface area contributed by atoms with Gasteiger partial charge in [0.15, 0.2) is 5.69 Å². The van der Waals surface area contributed by atoms with Gasteiger partial charge in [-0.15, -0.1) is 0 Å². The molecule has 1 N–H and O–H groups in total. The van der Waals surface area contributed by atoms with Gasteiger partial charge in [-0.05, 0) is 53.3 Å². The molecule has 0 aliphatic rings. The van der Waals surface area contributed by atoms with Crippen LogP contribution in [0, 0.1) is 10.5 Å². The summed E-state index contributed by atoms with van der Waals surface area (Å²) in [6.07, 6.45) is 1.64. The zero-order valence-electron chi connectivity index (χ0n) is 8.51. The number of aryl methyl sites for hydroxylation is 1. The van der Waals surface area contributed by atoms with Crippen LogP contribution in [-0.4, -0.2) is 20.9 Å². The molecule has 0 radical (unpaired) electrons. The van der Waals surface area contributed by atoms with Crippen LogP contribution in [0.25, 0.3) is 5.69 Å². The van der Waals surface area contributed by atoms with Crippen LogP contribution < -0.4 is 0 Å². The quantitative estimate of drug-likeness (QED) is 0.862. The topological polar surface area (TPSA) is 55.1 Å². The second-order valence-corrected chi connectivity index (χ2v) is 4.55. The van der Waals surface area contributed by atoms with E-state index in [2.05, 4.69) is 27.7 Å². The predicted molar refractivity (Wildman–Crippen MR) is 68.0 cm³/mol. The lowest BCUT2D eigenvalue weighted by molar-refractivity contribution is 0.0690. The number of carbonyl (C=O) groups is 1. The standard InChI is InChI=1S/C11H9IN2O2/c1-7-2-3-8(6-9(7)12)14-5-4-10(13-14)11(15)16/h2-6H,1H3,(H,15,16). The SMILES string of the molecule is Cc1ccc(-n2ccc(C(=O)O)n2)cc1I. The highest BCUT2D eigenvalue weighted by Gasteiger charge is 2.08. The first-order chi connectivity index (χ1) is 7.58. The van der Waals surface area contributed by atoms with E-state index in [9.17, 15) is 4.79 Å². The van der Waals surface area contributed by atoms with E-state index < -0.39 is 5.97 Å². The molecular weight excluding hydrogens is 319 g/mol. The summed E-state index contributed by atoms with van der Waals surface area (Å²) in [4.78, 5) is 10.7. The van der Waals surface area contributed by atoms with Gasteiger partial charge in [0, 0.05) is 9.77 Å². The summed E-state index contributed by atoms with van der Waals surface area (Å²) in [6, 6.07) is 7.35. The maximum absolute atomic E-state index is 10.7. The van der Waals surface area contributed by atoms with Crippen molar-refractivity contribution in [2.45, 2.75) is 6.92 Å². The van der Waals surface area contributed by atoms with Crippen LogP contribution in [0.3, 0.4) is 0 Å². The minimum Gasteiger partial charge on any atom is -0.476 e. The normalized spacial score (nSPS) is 10.4. The smallest absolute Gasteiger partial charge is 0.356 e. The van der Waals surface area contributed by atoms with Gasteiger partial charge in [0.1, 0.15) is 0 Å². The fourth-order valence-corrected chi connectivity index (χ4v) is 1.80. The zero-order chi connectivity index (χ0) is 11.7. The number of aromatic nitrogens is 2. The van der Waals surface area contributed by atoms with Crippen LogP contribution in [0.2, 0.25) is 0 Å². The van der Waals surface area contributed by atoms with Crippen LogP contribution in [-0.2, 0) is 0 Å². The molecule has 0 saturated carbocycles. The third-order valence-electron chi connectivity index (χ3n) is 2.23. The van der Waals surface area contributed by atoms with Gasteiger partial charge in [-0.1, -0.05) is 6.07 Å². The Morgan fingerprint density at radius 1 is 1.44 bits per heavy atom. The van der Waals surface area contributed by atoms with Crippen LogP contribution >= 0.6 is 22.6 Å². The monoisotopic (exact) mass is 328 g/mol. The molecule has 4 nitrogen and oxygen atoms in total. The zero-order valence-corrected chi connectivity index (χ0v) is 10.7. The van der Waals surface area contributed by atoms with Crippen LogP contribution in [0.1, 0.15) is 16.1 Å². The molecule has 5 heteroatoms. The van der Waals surface area contributed by atoms with Crippen LogP contribution in [0.4, 0.5) is 0 Å². The van der Waals surface area contributed by atoms with Crippen LogP contribution in [0.5, 0.6) is 0 Å². The van der Waals surface area contributed by atoms with Gasteiger partial charge in [-0.2, -0.15) is 5.10 Å². The average molecular weight is 328 g/mol. The molecule has 0 fully saturated rings. The second kappa shape index (κ2) is 4.25. The van der Waals surface area contributed by atoms with Crippen molar-refractivity contribution in [2.75, 3.05) is 0 Å². The van der Waals surface area contributed by atoms with Gasteiger partial charge < -0.3 is 5.11 Å². The van der Waals surface area contributed by atoms with Crippen LogP contribution in [0.15, 0.2) is 30.5 Å². The third-order valence-corrected chi connectivity index (χ3v) is 3.39. The average Bonchev–Trinajstić information content (AvgIpc) is 2.71. The molecule has 0 saturated heterocycles. The Labute approximate surface area is 106 Å². The number of halogens is 1. The minimum absolute atomic E-state index is 0.0515. The van der Waals surface area contributed by atoms with E-state index in [-0.39, 0.29) is 5.69 Å². The van der Waals surface area contributed by atoms with E-state index in [1.54, 1.807) is 10.9 Å². The first-order valence-electron chi connectivity index (χ1n) is 4.63. The number of rotatable bonds is 2. The molecule has 0 aliphatic carbocycles. The summed E-state index contributed by atoms with van der Waals surface area (Å²) in [5.41, 5.74) is 2.10. The largest absolute Gasteiger partial charge is 0.476 e. The number of carboxylic acid groups (broad SMARTS) is 1. The first kappa shape index (κ1) is 11.1. The summed E-state index contributed by atoms with van der Waals surface area (Å²) in [5, 5.41) is 12.7. The number of nitrogens with zero attached hydrogens (tertiary/aromatic N) is 2. The van der Waals surface area contributed by atoms with Gasteiger partial charge in [0.2, 0.25) is 0 Å². The molecule has 0 bridgehead atoms. The molecule has 82 valence electrons. The lowest BCUT2D eigenvalue weighted by Crippen LogP contribution is -2.01. The van der Waals surface area contributed by atoms with E-state index in [1.165, 1.54) is 11.6 Å². The van der Waals surface area contributed by atoms with Crippen molar-refractivity contribution >= 4 is 28.6 Å². The summed E-state index contributed by atoms with van der Waals surface area (Å²) in [7, 11) is 0. The van der Waals surface area contributed by atoms with Crippen molar-refractivity contribution < 1.29 is 9.90 Å². The molecule has 0 amide bonds. The third kappa shape index (κ3) is 2.08. The summed E-state index contributed by atoms with van der Waals surface area (Å²) in [6.45, 7) is 2.03. The molecular formula is C11H9IN2O2. The van der Waals surface area contributed by atoms with Crippen molar-refractivity contribution in [3.8, 4) is 5.69 Å². The van der Waals surface area contributed by atoms with Crippen molar-refractivity contribution in [3.63, 3.8) is 0 Å². The highest BCUT2D eigenvalue weighted by molar-refractivity contribution is 14.1. The Bertz CT molecular complexity index is 549. The predicted octanol–water partition coefficient (Wildman–Crippen LogP) is 2.48. The molecule has 0 atom stereocenters. The van der Waals surface area contributed by atoms with Crippen molar-refractivity contribution in [1.29, 1.82) is 0 Å². The number of aromatic carboxylic acids is 1. The highest BCUT2D eigenvalue weighted by Crippen LogP contribution is 2.16. The summed E-state index contributed by atoms with van der Waals surface area (Å²) < 4.78 is 2.69. The lowest BCUT2D eigenvalue weighted by atomic mass is 10.2. The molecule has 1 heterocycles. The van der Waals surface area contributed by atoms with Crippen molar-refractivity contribution in [2.24, 2.45) is 0 Å². The molecule has 2 rings (SSSR count). The number of hydrogen-bond donors (Lipinski definition) is 1. The molecule has 16 heavy (non-hydrogen) atoms. The molecule has 0 spiro atoms. The molecule has 2 aromatic rings. The van der Waals surface area contributed by atoms with E-state index in [1.807, 2.05) is 25.1 Å². The molecule has 0 aliphatic heterocycles. The second-order valence-electron chi connectivity index (χ2n) is 3.38. The van der Waals surface area contributed by atoms with Crippen molar-refractivity contribution in [1.82, 2.24) is 9.78 Å². The lowest BCUT2D eigenvalue weighted by Gasteiger charge is -2.03. The summed E-state index contributed by atoms with van der Waals surface area (Å²) in [5.74, 6) is -1.01. The molecule has 1 aromatic carbocycles. The Balaban J connectivity index is 2.42. The van der Waals surface area contributed by atoms with E-state index in [4.69, 9.17) is 5.11 Å². The highest BCUT2D eigenvalue weighted by atomic mass is 127. The first-order valence-corrected chi connectivity index (χ1v) is 5.71. The van der Waals surface area contributed by atoms with Gasteiger partial charge >= 0.3 is 5.97 Å². The Morgan fingerprint density at radius 3 is 2.75 bits per heavy atom. The maximum atomic E-state index is 10.7. The molecule has 0 unspecified atom stereocenters. The fraction of sp³-hybridized carbons (Fsp3) is 0.0909. The van der Waals surface area contributed by atoms with Gasteiger partial charge in [-0.3, -0.25) is 0 Å². The minimum atomic E-state index is -1.01.